The molecule has 156 valence electrons. The number of rotatable bonds is 8. The molecule has 0 unspecified atom stereocenters. The van der Waals surface area contributed by atoms with Gasteiger partial charge in [-0.1, -0.05) is 49.1 Å². The van der Waals surface area contributed by atoms with E-state index >= 15 is 0 Å². The standard InChI is InChI=1S/C27H37NO/c1-5-28(26-14-11-25(19-21(2)3)22(4)20-26)17-18-29-27-15-12-24(13-16-27)23-9-7-6-8-10-23/h11-16,19-20,23H,5-10,17-18H2,1-4H3. The Balaban J connectivity index is 1.54. The Bertz CT molecular complexity index is 796. The first-order chi connectivity index (χ1) is 14.1. The second-order valence-corrected chi connectivity index (χ2v) is 8.59. The first-order valence-corrected chi connectivity index (χ1v) is 11.3. The SMILES string of the molecule is CCN(CCOc1ccc(C2CCCCC2)cc1)c1ccc(C=C(C)C)c(C)c1. The highest BCUT2D eigenvalue weighted by Gasteiger charge is 2.15. The fourth-order valence-corrected chi connectivity index (χ4v) is 4.35. The molecule has 0 heterocycles. The smallest absolute Gasteiger partial charge is 0.119 e. The summed E-state index contributed by atoms with van der Waals surface area (Å²) in [6.07, 6.45) is 9.10. The van der Waals surface area contributed by atoms with Gasteiger partial charge in [0.2, 0.25) is 0 Å². The van der Waals surface area contributed by atoms with Gasteiger partial charge in [0.05, 0.1) is 6.54 Å². The molecule has 0 aliphatic heterocycles. The van der Waals surface area contributed by atoms with Gasteiger partial charge >= 0.3 is 0 Å². The molecule has 0 N–H and O–H groups in total. The second kappa shape index (κ2) is 10.5. The first kappa shape index (κ1) is 21.5. The quantitative estimate of drug-likeness (QED) is 0.466. The molecular weight excluding hydrogens is 354 g/mol. The third kappa shape index (κ3) is 6.13. The molecule has 0 aromatic heterocycles. The van der Waals surface area contributed by atoms with E-state index in [-0.39, 0.29) is 0 Å². The maximum Gasteiger partial charge on any atom is 0.119 e. The minimum Gasteiger partial charge on any atom is -0.492 e. The molecule has 0 atom stereocenters. The lowest BCUT2D eigenvalue weighted by atomic mass is 9.84. The molecule has 0 radical (unpaired) electrons. The monoisotopic (exact) mass is 391 g/mol. The molecule has 3 rings (SSSR count). The van der Waals surface area contributed by atoms with E-state index in [1.54, 1.807) is 0 Å². The average Bonchev–Trinajstić information content (AvgIpc) is 2.74. The van der Waals surface area contributed by atoms with Gasteiger partial charge < -0.3 is 9.64 Å². The topological polar surface area (TPSA) is 12.5 Å². The van der Waals surface area contributed by atoms with Gasteiger partial charge in [-0.05, 0) is 87.4 Å². The van der Waals surface area contributed by atoms with Gasteiger partial charge in [-0.3, -0.25) is 0 Å². The molecule has 2 heteroatoms. The van der Waals surface area contributed by atoms with Crippen LogP contribution < -0.4 is 9.64 Å². The van der Waals surface area contributed by atoms with Crippen LogP contribution in [0.15, 0.2) is 48.0 Å². The predicted molar refractivity (Wildman–Crippen MR) is 126 cm³/mol. The molecule has 2 aromatic carbocycles. The van der Waals surface area contributed by atoms with Crippen LogP contribution in [0.5, 0.6) is 5.75 Å². The van der Waals surface area contributed by atoms with Gasteiger partial charge in [-0.25, -0.2) is 0 Å². The summed E-state index contributed by atoms with van der Waals surface area (Å²) in [5.41, 5.74) is 6.71. The second-order valence-electron chi connectivity index (χ2n) is 8.59. The van der Waals surface area contributed by atoms with Gasteiger partial charge in [-0.2, -0.15) is 0 Å². The van der Waals surface area contributed by atoms with E-state index in [0.717, 1.165) is 24.8 Å². The molecule has 0 spiro atoms. The highest BCUT2D eigenvalue weighted by Crippen LogP contribution is 2.33. The van der Waals surface area contributed by atoms with Crippen molar-refractivity contribution in [1.29, 1.82) is 0 Å². The summed E-state index contributed by atoms with van der Waals surface area (Å²) in [6, 6.07) is 15.6. The number of hydrogen-bond donors (Lipinski definition) is 0. The van der Waals surface area contributed by atoms with Gasteiger partial charge in [-0.15, -0.1) is 0 Å². The Morgan fingerprint density at radius 1 is 1.03 bits per heavy atom. The van der Waals surface area contributed by atoms with Crippen molar-refractivity contribution in [2.75, 3.05) is 24.6 Å². The number of anilines is 1. The Kier molecular flexibility index (Phi) is 7.80. The van der Waals surface area contributed by atoms with Crippen LogP contribution in [0.25, 0.3) is 6.08 Å². The maximum absolute atomic E-state index is 6.06. The highest BCUT2D eigenvalue weighted by molar-refractivity contribution is 5.61. The van der Waals surface area contributed by atoms with Gasteiger partial charge in [0.1, 0.15) is 12.4 Å². The molecule has 2 nitrogen and oxygen atoms in total. The zero-order valence-corrected chi connectivity index (χ0v) is 18.7. The molecular formula is C27H37NO. The lowest BCUT2D eigenvalue weighted by molar-refractivity contribution is 0.324. The van der Waals surface area contributed by atoms with Crippen LogP contribution in [0.2, 0.25) is 0 Å². The summed E-state index contributed by atoms with van der Waals surface area (Å²) in [7, 11) is 0. The van der Waals surface area contributed by atoms with Crippen molar-refractivity contribution in [2.45, 2.75) is 65.7 Å². The molecule has 2 aromatic rings. The molecule has 0 bridgehead atoms. The predicted octanol–water partition coefficient (Wildman–Crippen LogP) is 7.37. The third-order valence-corrected chi connectivity index (χ3v) is 6.03. The number of likely N-dealkylation sites (N-methyl/N-ethyl adjacent to an activating group) is 1. The largest absolute Gasteiger partial charge is 0.492 e. The Morgan fingerprint density at radius 3 is 2.38 bits per heavy atom. The van der Waals surface area contributed by atoms with E-state index in [0.29, 0.717) is 6.61 Å². The van der Waals surface area contributed by atoms with Crippen LogP contribution in [-0.4, -0.2) is 19.7 Å². The van der Waals surface area contributed by atoms with Crippen molar-refractivity contribution in [3.8, 4) is 5.75 Å². The Hall–Kier alpha value is -2.22. The molecule has 29 heavy (non-hydrogen) atoms. The van der Waals surface area contributed by atoms with E-state index in [4.69, 9.17) is 4.74 Å². The fraction of sp³-hybridized carbons (Fsp3) is 0.481. The lowest BCUT2D eigenvalue weighted by Crippen LogP contribution is -2.28. The molecule has 1 aliphatic carbocycles. The maximum atomic E-state index is 6.06. The van der Waals surface area contributed by atoms with E-state index in [1.807, 2.05) is 0 Å². The summed E-state index contributed by atoms with van der Waals surface area (Å²) in [5.74, 6) is 1.74. The van der Waals surface area contributed by atoms with Crippen LogP contribution in [0.3, 0.4) is 0 Å². The molecule has 0 saturated heterocycles. The van der Waals surface area contributed by atoms with Crippen molar-refractivity contribution in [1.82, 2.24) is 0 Å². The number of aryl methyl sites for hydroxylation is 1. The summed E-state index contributed by atoms with van der Waals surface area (Å²) in [6.45, 7) is 11.3. The molecule has 1 aliphatic rings. The third-order valence-electron chi connectivity index (χ3n) is 6.03. The van der Waals surface area contributed by atoms with Crippen molar-refractivity contribution in [2.24, 2.45) is 0 Å². The Labute approximate surface area is 177 Å². The number of hydrogen-bond acceptors (Lipinski definition) is 2. The van der Waals surface area contributed by atoms with E-state index < -0.39 is 0 Å². The first-order valence-electron chi connectivity index (χ1n) is 11.3. The van der Waals surface area contributed by atoms with E-state index in [9.17, 15) is 0 Å². The molecule has 1 saturated carbocycles. The zero-order chi connectivity index (χ0) is 20.6. The highest BCUT2D eigenvalue weighted by atomic mass is 16.5. The summed E-state index contributed by atoms with van der Waals surface area (Å²) in [5, 5.41) is 0. The number of allylic oxidation sites excluding steroid dienone is 1. The number of nitrogens with zero attached hydrogens (tertiary/aromatic N) is 1. The number of ether oxygens (including phenoxy) is 1. The fourth-order valence-electron chi connectivity index (χ4n) is 4.35. The van der Waals surface area contributed by atoms with Crippen molar-refractivity contribution in [3.63, 3.8) is 0 Å². The van der Waals surface area contributed by atoms with Gasteiger partial charge in [0.25, 0.3) is 0 Å². The van der Waals surface area contributed by atoms with Gasteiger partial charge in [0, 0.05) is 12.2 Å². The lowest BCUT2D eigenvalue weighted by Gasteiger charge is -2.24. The normalized spacial score (nSPS) is 14.5. The average molecular weight is 392 g/mol. The van der Waals surface area contributed by atoms with Crippen LogP contribution in [-0.2, 0) is 0 Å². The van der Waals surface area contributed by atoms with Crippen LogP contribution in [0.4, 0.5) is 5.69 Å². The summed E-state index contributed by atoms with van der Waals surface area (Å²) >= 11 is 0. The summed E-state index contributed by atoms with van der Waals surface area (Å²) < 4.78 is 6.06. The minimum absolute atomic E-state index is 0.700. The number of benzene rings is 2. The van der Waals surface area contributed by atoms with E-state index in [1.165, 1.54) is 60.1 Å². The van der Waals surface area contributed by atoms with Crippen LogP contribution in [0.1, 0.15) is 75.5 Å². The molecule has 1 fully saturated rings. The van der Waals surface area contributed by atoms with Crippen molar-refractivity contribution in [3.05, 3.63) is 64.7 Å². The van der Waals surface area contributed by atoms with Crippen molar-refractivity contribution < 1.29 is 4.74 Å². The zero-order valence-electron chi connectivity index (χ0n) is 18.7. The van der Waals surface area contributed by atoms with Crippen molar-refractivity contribution >= 4 is 11.8 Å². The van der Waals surface area contributed by atoms with Crippen LogP contribution >= 0.6 is 0 Å². The van der Waals surface area contributed by atoms with Gasteiger partial charge in [0.15, 0.2) is 0 Å². The minimum atomic E-state index is 0.700. The summed E-state index contributed by atoms with van der Waals surface area (Å²) in [4.78, 5) is 2.38. The molecule has 0 amide bonds. The Morgan fingerprint density at radius 2 is 1.76 bits per heavy atom. The van der Waals surface area contributed by atoms with E-state index in [2.05, 4.69) is 81.1 Å². The van der Waals surface area contributed by atoms with Crippen LogP contribution in [0, 0.1) is 6.92 Å².